The Balaban J connectivity index is 1.63. The minimum atomic E-state index is -3.56. The Hall–Kier alpha value is -3.65. The van der Waals surface area contributed by atoms with Crippen LogP contribution in [0, 0.1) is 5.82 Å². The van der Waals surface area contributed by atoms with Crippen molar-refractivity contribution >= 4 is 31.3 Å². The van der Waals surface area contributed by atoms with E-state index >= 15 is 0 Å². The molecule has 0 bridgehead atoms. The van der Waals surface area contributed by atoms with Gasteiger partial charge in [0.05, 0.1) is 25.5 Å². The normalized spacial score (nSPS) is 17.8. The molecule has 246 valence electrons. The fourth-order valence-corrected chi connectivity index (χ4v) is 6.97. The third-order valence-corrected chi connectivity index (χ3v) is 9.75. The second kappa shape index (κ2) is 15.6. The van der Waals surface area contributed by atoms with Crippen molar-refractivity contribution in [3.05, 3.63) is 41.8 Å². The summed E-state index contributed by atoms with van der Waals surface area (Å²) in [6.07, 6.45) is -0.564. The summed E-state index contributed by atoms with van der Waals surface area (Å²) < 4.78 is 43.6. The SMILES string of the molecule is CCOP(=O)(CC[C@H](NC(=O)c1cc(N2CC[C@H](OC)C2)nc(-c2cccc(F)c2)n1)C(=O)N1CCN(C(=O)O)CC1)OCC. The zero-order chi connectivity index (χ0) is 32.6. The van der Waals surface area contributed by atoms with E-state index in [1.807, 2.05) is 4.90 Å². The molecule has 2 N–H and O–H groups in total. The van der Waals surface area contributed by atoms with Crippen molar-refractivity contribution in [2.75, 3.05) is 70.7 Å². The fourth-order valence-electron chi connectivity index (χ4n) is 5.27. The van der Waals surface area contributed by atoms with Crippen molar-refractivity contribution in [3.63, 3.8) is 0 Å². The summed E-state index contributed by atoms with van der Waals surface area (Å²) >= 11 is 0. The van der Waals surface area contributed by atoms with Crippen LogP contribution < -0.4 is 10.2 Å². The Labute approximate surface area is 261 Å². The van der Waals surface area contributed by atoms with Gasteiger partial charge in [-0.1, -0.05) is 12.1 Å². The molecule has 2 fully saturated rings. The number of aromatic nitrogens is 2. The lowest BCUT2D eigenvalue weighted by molar-refractivity contribution is -0.134. The molecule has 16 heteroatoms. The van der Waals surface area contributed by atoms with E-state index in [0.717, 1.165) is 6.42 Å². The van der Waals surface area contributed by atoms with Gasteiger partial charge in [0.15, 0.2) is 5.82 Å². The number of anilines is 1. The molecule has 2 aliphatic heterocycles. The van der Waals surface area contributed by atoms with Crippen LogP contribution in [-0.4, -0.2) is 121 Å². The Morgan fingerprint density at radius 1 is 1.07 bits per heavy atom. The van der Waals surface area contributed by atoms with Gasteiger partial charge < -0.3 is 38.9 Å². The van der Waals surface area contributed by atoms with Crippen molar-refractivity contribution in [2.24, 2.45) is 0 Å². The maximum absolute atomic E-state index is 14.1. The van der Waals surface area contributed by atoms with Gasteiger partial charge in [0.25, 0.3) is 5.91 Å². The zero-order valence-electron chi connectivity index (χ0n) is 25.7. The van der Waals surface area contributed by atoms with Crippen LogP contribution in [0.25, 0.3) is 11.4 Å². The van der Waals surface area contributed by atoms with E-state index in [4.69, 9.17) is 13.8 Å². The molecule has 2 saturated heterocycles. The van der Waals surface area contributed by atoms with E-state index in [1.54, 1.807) is 27.0 Å². The van der Waals surface area contributed by atoms with E-state index in [9.17, 15) is 28.4 Å². The molecule has 0 aliphatic carbocycles. The van der Waals surface area contributed by atoms with Crippen LogP contribution in [0.15, 0.2) is 30.3 Å². The molecule has 0 radical (unpaired) electrons. The van der Waals surface area contributed by atoms with Crippen molar-refractivity contribution in [2.45, 2.75) is 38.8 Å². The first kappa shape index (κ1) is 34.2. The number of carboxylic acid groups (broad SMARTS) is 1. The summed E-state index contributed by atoms with van der Waals surface area (Å²) in [6.45, 7) is 5.25. The highest BCUT2D eigenvalue weighted by Crippen LogP contribution is 2.48. The molecule has 3 amide bonds. The molecular formula is C29H40FN6O8P. The number of ether oxygens (including phenoxy) is 1. The van der Waals surface area contributed by atoms with Gasteiger partial charge in [0.2, 0.25) is 5.91 Å². The molecule has 0 spiro atoms. The summed E-state index contributed by atoms with van der Waals surface area (Å²) in [5.74, 6) is -1.07. The second-order valence-corrected chi connectivity index (χ2v) is 12.8. The number of piperazine rings is 1. The number of carbonyl (C=O) groups is 3. The third-order valence-electron chi connectivity index (χ3n) is 7.64. The summed E-state index contributed by atoms with van der Waals surface area (Å²) in [5.41, 5.74) is 0.318. The molecule has 4 rings (SSSR count). The lowest BCUT2D eigenvalue weighted by Gasteiger charge is -2.35. The maximum atomic E-state index is 14.1. The average molecular weight is 651 g/mol. The predicted molar refractivity (Wildman–Crippen MR) is 163 cm³/mol. The smallest absolute Gasteiger partial charge is 0.407 e. The number of nitrogens with one attached hydrogen (secondary N) is 1. The monoisotopic (exact) mass is 650 g/mol. The van der Waals surface area contributed by atoms with Crippen LogP contribution >= 0.6 is 7.60 Å². The van der Waals surface area contributed by atoms with Crippen LogP contribution in [-0.2, 0) is 23.1 Å². The number of nitrogens with zero attached hydrogens (tertiary/aromatic N) is 5. The van der Waals surface area contributed by atoms with Crippen LogP contribution in [0.4, 0.5) is 15.0 Å². The Morgan fingerprint density at radius 3 is 2.36 bits per heavy atom. The van der Waals surface area contributed by atoms with Crippen molar-refractivity contribution in [1.29, 1.82) is 0 Å². The molecular weight excluding hydrogens is 610 g/mol. The highest BCUT2D eigenvalue weighted by Gasteiger charge is 2.34. The number of methoxy groups -OCH3 is 1. The standard InChI is InChI=1S/C29H40FN6O8P/c1-4-43-45(41,44-5-2)16-10-23(28(38)34-12-14-35(15-13-34)29(39)40)32-27(37)24-18-25(36-11-9-22(19-36)42-3)33-26(31-24)20-7-6-8-21(30)17-20/h6-8,17-18,22-23H,4-5,9-16,19H2,1-3H3,(H,32,37)(H,39,40)/t22-,23-/m0/s1. The van der Waals surface area contributed by atoms with Crippen LogP contribution in [0.1, 0.15) is 37.2 Å². The number of hydrogen-bond acceptors (Lipinski definition) is 10. The highest BCUT2D eigenvalue weighted by molar-refractivity contribution is 7.53. The topological polar surface area (TPSA) is 164 Å². The molecule has 1 aromatic heterocycles. The molecule has 45 heavy (non-hydrogen) atoms. The molecule has 3 heterocycles. The second-order valence-electron chi connectivity index (χ2n) is 10.6. The largest absolute Gasteiger partial charge is 0.465 e. The van der Waals surface area contributed by atoms with Crippen molar-refractivity contribution in [1.82, 2.24) is 25.1 Å². The van der Waals surface area contributed by atoms with Gasteiger partial charge in [0, 0.05) is 58.0 Å². The molecule has 0 saturated carbocycles. The minimum Gasteiger partial charge on any atom is -0.465 e. The van der Waals surface area contributed by atoms with Crippen LogP contribution in [0.3, 0.4) is 0 Å². The predicted octanol–water partition coefficient (Wildman–Crippen LogP) is 3.08. The van der Waals surface area contributed by atoms with Gasteiger partial charge in [-0.3, -0.25) is 14.2 Å². The van der Waals surface area contributed by atoms with Gasteiger partial charge >= 0.3 is 13.7 Å². The van der Waals surface area contributed by atoms with E-state index < -0.39 is 37.4 Å². The van der Waals surface area contributed by atoms with Gasteiger partial charge in [-0.05, 0) is 38.8 Å². The van der Waals surface area contributed by atoms with Crippen LogP contribution in [0.5, 0.6) is 0 Å². The van der Waals surface area contributed by atoms with Gasteiger partial charge in [-0.25, -0.2) is 19.2 Å². The van der Waals surface area contributed by atoms with Gasteiger partial charge in [-0.2, -0.15) is 0 Å². The Bertz CT molecular complexity index is 1400. The number of carbonyl (C=O) groups excluding carboxylic acids is 2. The quantitative estimate of drug-likeness (QED) is 0.306. The van der Waals surface area contributed by atoms with Gasteiger partial charge in [-0.15, -0.1) is 0 Å². The molecule has 2 atom stereocenters. The first-order chi connectivity index (χ1) is 21.6. The summed E-state index contributed by atoms with van der Waals surface area (Å²) in [5, 5.41) is 12.1. The molecule has 1 aromatic carbocycles. The maximum Gasteiger partial charge on any atom is 0.407 e. The Kier molecular flexibility index (Phi) is 11.8. The Morgan fingerprint density at radius 2 is 1.76 bits per heavy atom. The first-order valence-electron chi connectivity index (χ1n) is 14.9. The summed E-state index contributed by atoms with van der Waals surface area (Å²) in [6, 6.07) is 6.07. The highest BCUT2D eigenvalue weighted by atomic mass is 31.2. The third kappa shape index (κ3) is 8.97. The number of amides is 3. The lowest BCUT2D eigenvalue weighted by Crippen LogP contribution is -2.56. The number of halogens is 1. The minimum absolute atomic E-state index is 0.0233. The summed E-state index contributed by atoms with van der Waals surface area (Å²) in [4.78, 5) is 52.5. The van der Waals surface area contributed by atoms with Crippen molar-refractivity contribution < 1.29 is 42.2 Å². The fraction of sp³-hybridized carbons (Fsp3) is 0.552. The van der Waals surface area contributed by atoms with E-state index in [0.29, 0.717) is 24.5 Å². The zero-order valence-corrected chi connectivity index (χ0v) is 26.6. The van der Waals surface area contributed by atoms with Crippen LogP contribution in [0.2, 0.25) is 0 Å². The number of benzene rings is 1. The number of hydrogen-bond donors (Lipinski definition) is 2. The molecule has 14 nitrogen and oxygen atoms in total. The lowest BCUT2D eigenvalue weighted by atomic mass is 10.1. The molecule has 2 aliphatic rings. The number of rotatable bonds is 13. The first-order valence-corrected chi connectivity index (χ1v) is 16.7. The average Bonchev–Trinajstić information content (AvgIpc) is 3.52. The van der Waals surface area contributed by atoms with Gasteiger partial charge in [0.1, 0.15) is 23.4 Å². The molecule has 0 unspecified atom stereocenters. The van der Waals surface area contributed by atoms with E-state index in [-0.39, 0.29) is 69.6 Å². The van der Waals surface area contributed by atoms with Crippen molar-refractivity contribution in [3.8, 4) is 11.4 Å². The van der Waals surface area contributed by atoms with E-state index in [2.05, 4.69) is 15.3 Å². The molecule has 2 aromatic rings. The summed E-state index contributed by atoms with van der Waals surface area (Å²) in [7, 11) is -1.94. The van der Waals surface area contributed by atoms with E-state index in [1.165, 1.54) is 34.1 Å².